The highest BCUT2D eigenvalue weighted by atomic mass is 16.5. The smallest absolute Gasteiger partial charge is 0.433 e. The van der Waals surface area contributed by atoms with Gasteiger partial charge in [0.15, 0.2) is 0 Å². The molecule has 0 unspecified atom stereocenters. The Kier molecular flexibility index (Phi) is 9.22. The van der Waals surface area contributed by atoms with Gasteiger partial charge in [0.1, 0.15) is 0 Å². The number of nitrogens with one attached hydrogen (secondary N) is 1. The van der Waals surface area contributed by atoms with Crippen molar-refractivity contribution in [1.29, 1.82) is 5.26 Å². The summed E-state index contributed by atoms with van der Waals surface area (Å²) in [6.07, 6.45) is 1.16. The van der Waals surface area contributed by atoms with E-state index in [1.54, 1.807) is 24.3 Å². The van der Waals surface area contributed by atoms with Crippen molar-refractivity contribution in [2.45, 2.75) is 26.3 Å². The van der Waals surface area contributed by atoms with Gasteiger partial charge in [0.05, 0.1) is 42.2 Å². The Morgan fingerprint density at radius 1 is 0.974 bits per heavy atom. The first-order valence-corrected chi connectivity index (χ1v) is 12.9. The number of unbranched alkanes of at least 4 members (excludes halogenated alkanes) is 1. The van der Waals surface area contributed by atoms with Gasteiger partial charge in [0.2, 0.25) is 0 Å². The molecule has 8 heteroatoms. The standard InChI is InChI=1S/C31H31N5O3/c1-3-4-20-35(21-19-32)22-26-28(30(37)34-36(31(38)39-2)24-15-9-6-10-16-24)25-17-11-12-18-27(25)33-29(26)23-13-7-5-8-14-23/h5-18H,3-4,20-22H2,1-2H3,(H,34,37). The molecule has 2 amide bonds. The number of aromatic nitrogens is 1. The fourth-order valence-electron chi connectivity index (χ4n) is 4.46. The lowest BCUT2D eigenvalue weighted by molar-refractivity contribution is 0.0940. The van der Waals surface area contributed by atoms with Crippen LogP contribution >= 0.6 is 0 Å². The SMILES string of the molecule is CCCCN(CC#N)Cc1c(-c2ccccc2)nc2ccccc2c1C(=O)NN(C(=O)OC)c1ccccc1. The minimum Gasteiger partial charge on any atom is -0.451 e. The number of methoxy groups -OCH3 is 1. The first-order chi connectivity index (χ1) is 19.1. The summed E-state index contributed by atoms with van der Waals surface area (Å²) in [7, 11) is 1.26. The molecule has 0 saturated carbocycles. The second-order valence-electron chi connectivity index (χ2n) is 9.00. The van der Waals surface area contributed by atoms with Crippen LogP contribution in [0.5, 0.6) is 0 Å². The maximum atomic E-state index is 14.1. The van der Waals surface area contributed by atoms with Crippen molar-refractivity contribution in [3.63, 3.8) is 0 Å². The maximum Gasteiger partial charge on any atom is 0.433 e. The molecule has 0 fully saturated rings. The summed E-state index contributed by atoms with van der Waals surface area (Å²) < 4.78 is 4.97. The lowest BCUT2D eigenvalue weighted by Crippen LogP contribution is -2.47. The number of rotatable bonds is 9. The number of para-hydroxylation sites is 2. The summed E-state index contributed by atoms with van der Waals surface area (Å²) in [5.74, 6) is -0.484. The van der Waals surface area contributed by atoms with E-state index in [4.69, 9.17) is 9.72 Å². The van der Waals surface area contributed by atoms with Gasteiger partial charge in [-0.2, -0.15) is 10.3 Å². The molecule has 3 aromatic carbocycles. The van der Waals surface area contributed by atoms with Crippen molar-refractivity contribution in [2.75, 3.05) is 25.2 Å². The van der Waals surface area contributed by atoms with Crippen molar-refractivity contribution < 1.29 is 14.3 Å². The Morgan fingerprint density at radius 3 is 2.31 bits per heavy atom. The summed E-state index contributed by atoms with van der Waals surface area (Å²) in [6, 6.07) is 28.1. The van der Waals surface area contributed by atoms with Crippen LogP contribution < -0.4 is 10.4 Å². The molecule has 39 heavy (non-hydrogen) atoms. The van der Waals surface area contributed by atoms with Crippen LogP contribution in [-0.4, -0.2) is 42.1 Å². The molecule has 0 radical (unpaired) electrons. The zero-order valence-electron chi connectivity index (χ0n) is 22.1. The number of hydrazine groups is 1. The van der Waals surface area contributed by atoms with E-state index in [0.29, 0.717) is 46.5 Å². The number of anilines is 1. The van der Waals surface area contributed by atoms with Crippen LogP contribution in [0, 0.1) is 11.3 Å². The fraction of sp³-hybridized carbons (Fsp3) is 0.226. The molecule has 0 bridgehead atoms. The molecule has 1 aromatic heterocycles. The molecule has 0 spiro atoms. The molecule has 0 saturated heterocycles. The van der Waals surface area contributed by atoms with Crippen LogP contribution in [0.3, 0.4) is 0 Å². The summed E-state index contributed by atoms with van der Waals surface area (Å²) >= 11 is 0. The van der Waals surface area contributed by atoms with Gasteiger partial charge in [-0.3, -0.25) is 15.1 Å². The summed E-state index contributed by atoms with van der Waals surface area (Å²) in [5.41, 5.74) is 6.45. The van der Waals surface area contributed by atoms with E-state index >= 15 is 0 Å². The summed E-state index contributed by atoms with van der Waals surface area (Å²) in [5, 5.41) is 11.3. The van der Waals surface area contributed by atoms with Gasteiger partial charge in [-0.25, -0.2) is 9.78 Å². The minimum atomic E-state index is -0.730. The van der Waals surface area contributed by atoms with Crippen molar-refractivity contribution in [3.05, 3.63) is 96.1 Å². The molecule has 198 valence electrons. The number of nitrogens with zero attached hydrogens (tertiary/aromatic N) is 4. The second kappa shape index (κ2) is 13.2. The van der Waals surface area contributed by atoms with Crippen LogP contribution in [0.2, 0.25) is 0 Å². The third-order valence-electron chi connectivity index (χ3n) is 6.36. The first kappa shape index (κ1) is 27.3. The van der Waals surface area contributed by atoms with E-state index in [-0.39, 0.29) is 6.54 Å². The van der Waals surface area contributed by atoms with Crippen molar-refractivity contribution in [3.8, 4) is 17.3 Å². The Morgan fingerprint density at radius 2 is 1.64 bits per heavy atom. The van der Waals surface area contributed by atoms with Crippen LogP contribution in [-0.2, 0) is 11.3 Å². The number of carbonyl (C=O) groups is 2. The number of fused-ring (bicyclic) bond motifs is 1. The highest BCUT2D eigenvalue weighted by Gasteiger charge is 2.26. The van der Waals surface area contributed by atoms with Crippen LogP contribution in [0.1, 0.15) is 35.7 Å². The van der Waals surface area contributed by atoms with Crippen molar-refractivity contribution >= 4 is 28.6 Å². The number of amides is 2. The number of pyridine rings is 1. The van der Waals surface area contributed by atoms with E-state index in [1.807, 2.05) is 65.6 Å². The van der Waals surface area contributed by atoms with E-state index < -0.39 is 12.0 Å². The van der Waals surface area contributed by atoms with Gasteiger partial charge >= 0.3 is 6.09 Å². The van der Waals surface area contributed by atoms with Crippen molar-refractivity contribution in [1.82, 2.24) is 15.3 Å². The van der Waals surface area contributed by atoms with E-state index in [0.717, 1.165) is 23.4 Å². The van der Waals surface area contributed by atoms with Gasteiger partial charge in [-0.05, 0) is 31.2 Å². The molecule has 0 aliphatic carbocycles. The number of hydrogen-bond acceptors (Lipinski definition) is 6. The summed E-state index contributed by atoms with van der Waals surface area (Å²) in [6.45, 7) is 3.34. The number of hydrogen-bond donors (Lipinski definition) is 1. The average molecular weight is 522 g/mol. The zero-order chi connectivity index (χ0) is 27.6. The van der Waals surface area contributed by atoms with E-state index in [2.05, 4.69) is 18.4 Å². The fourth-order valence-corrected chi connectivity index (χ4v) is 4.46. The molecule has 4 rings (SSSR count). The molecule has 0 aliphatic rings. The number of ether oxygens (including phenoxy) is 1. The molecular weight excluding hydrogens is 490 g/mol. The Hall–Kier alpha value is -4.74. The molecule has 0 aliphatic heterocycles. The summed E-state index contributed by atoms with van der Waals surface area (Å²) in [4.78, 5) is 33.9. The predicted octanol–water partition coefficient (Wildman–Crippen LogP) is 5.95. The maximum absolute atomic E-state index is 14.1. The van der Waals surface area contributed by atoms with Gasteiger partial charge in [-0.15, -0.1) is 0 Å². The largest absolute Gasteiger partial charge is 0.451 e. The third kappa shape index (κ3) is 6.40. The lowest BCUT2D eigenvalue weighted by atomic mass is 9.95. The highest BCUT2D eigenvalue weighted by Crippen LogP contribution is 2.32. The molecule has 8 nitrogen and oxygen atoms in total. The topological polar surface area (TPSA) is 98.6 Å². The molecule has 0 atom stereocenters. The third-order valence-corrected chi connectivity index (χ3v) is 6.36. The van der Waals surface area contributed by atoms with Crippen LogP contribution in [0.4, 0.5) is 10.5 Å². The number of benzene rings is 3. The van der Waals surface area contributed by atoms with E-state index in [9.17, 15) is 14.9 Å². The monoisotopic (exact) mass is 521 g/mol. The Bertz CT molecular complexity index is 1470. The van der Waals surface area contributed by atoms with Crippen LogP contribution in [0.15, 0.2) is 84.9 Å². The van der Waals surface area contributed by atoms with Crippen molar-refractivity contribution in [2.24, 2.45) is 0 Å². The van der Waals surface area contributed by atoms with Gasteiger partial charge in [-0.1, -0.05) is 80.1 Å². The van der Waals surface area contributed by atoms with Crippen LogP contribution in [0.25, 0.3) is 22.2 Å². The normalized spacial score (nSPS) is 10.7. The van der Waals surface area contributed by atoms with Gasteiger partial charge in [0.25, 0.3) is 5.91 Å². The average Bonchev–Trinajstić information content (AvgIpc) is 2.98. The molecular formula is C31H31N5O3. The lowest BCUT2D eigenvalue weighted by Gasteiger charge is -2.26. The number of nitriles is 1. The zero-order valence-corrected chi connectivity index (χ0v) is 22.1. The Balaban J connectivity index is 1.91. The molecule has 1 N–H and O–H groups in total. The minimum absolute atomic E-state index is 0.209. The van der Waals surface area contributed by atoms with Gasteiger partial charge in [0, 0.05) is 23.1 Å². The molecule has 4 aromatic rings. The highest BCUT2D eigenvalue weighted by molar-refractivity contribution is 6.10. The second-order valence-corrected chi connectivity index (χ2v) is 9.00. The Labute approximate surface area is 228 Å². The quantitative estimate of drug-likeness (QED) is 0.216. The van der Waals surface area contributed by atoms with E-state index in [1.165, 1.54) is 7.11 Å². The molecule has 1 heterocycles. The van der Waals surface area contributed by atoms with Gasteiger partial charge < -0.3 is 4.74 Å². The first-order valence-electron chi connectivity index (χ1n) is 12.9. The number of carbonyl (C=O) groups excluding carboxylic acids is 2. The predicted molar refractivity (Wildman–Crippen MR) is 152 cm³/mol.